The van der Waals surface area contributed by atoms with Crippen molar-refractivity contribution in [1.82, 2.24) is 4.98 Å². The average molecular weight is 346 g/mol. The molecule has 0 bridgehead atoms. The minimum atomic E-state index is 0.520. The van der Waals surface area contributed by atoms with Gasteiger partial charge in [-0.15, -0.1) is 0 Å². The average Bonchev–Trinajstić information content (AvgIpc) is 2.62. The Labute approximate surface area is 156 Å². The largest absolute Gasteiger partial charge is 0.264 e. The quantitative estimate of drug-likeness (QED) is 0.543. The van der Waals surface area contributed by atoms with Crippen molar-refractivity contribution < 1.29 is 4.57 Å². The van der Waals surface area contributed by atoms with E-state index in [1.54, 1.807) is 0 Å². The normalized spacial score (nSPS) is 17.5. The molecule has 0 radical (unpaired) electrons. The highest BCUT2D eigenvalue weighted by atomic mass is 14.9. The van der Waals surface area contributed by atoms with E-state index in [9.17, 15) is 0 Å². The highest BCUT2D eigenvalue weighted by Gasteiger charge is 2.28. The Morgan fingerprint density at radius 2 is 1.85 bits per heavy atom. The molecule has 2 aromatic heterocycles. The highest BCUT2D eigenvalue weighted by molar-refractivity contribution is 5.93. The van der Waals surface area contributed by atoms with Gasteiger partial charge in [-0.1, -0.05) is 26.0 Å². The lowest BCUT2D eigenvalue weighted by Crippen LogP contribution is -2.30. The van der Waals surface area contributed by atoms with Crippen molar-refractivity contribution in [1.29, 1.82) is 0 Å². The fraction of sp³-hybridized carbons (Fsp3) is 0.417. The van der Waals surface area contributed by atoms with Crippen molar-refractivity contribution in [2.75, 3.05) is 0 Å². The molecule has 0 amide bonds. The van der Waals surface area contributed by atoms with E-state index in [1.165, 1.54) is 58.8 Å². The summed E-state index contributed by atoms with van der Waals surface area (Å²) in [4.78, 5) is 4.36. The third-order valence-corrected chi connectivity index (χ3v) is 6.27. The topological polar surface area (TPSA) is 16.8 Å². The first-order valence-corrected chi connectivity index (χ1v) is 9.78. The molecule has 26 heavy (non-hydrogen) atoms. The second-order valence-electron chi connectivity index (χ2n) is 8.75. The predicted molar refractivity (Wildman–Crippen MR) is 108 cm³/mol. The highest BCUT2D eigenvalue weighted by Crippen LogP contribution is 2.43. The Morgan fingerprint density at radius 1 is 1.08 bits per heavy atom. The van der Waals surface area contributed by atoms with Crippen LogP contribution in [0.4, 0.5) is 0 Å². The van der Waals surface area contributed by atoms with E-state index in [2.05, 4.69) is 73.9 Å². The molecule has 1 fully saturated rings. The fourth-order valence-corrected chi connectivity index (χ4v) is 4.42. The summed E-state index contributed by atoms with van der Waals surface area (Å²) in [5.74, 6) is 0.713. The zero-order valence-electron chi connectivity index (χ0n) is 16.4. The molecule has 0 unspecified atom stereocenters. The number of nitrogens with zero attached hydrogens (tertiary/aromatic N) is 2. The number of hydrogen-bond donors (Lipinski definition) is 0. The molecule has 0 saturated heterocycles. The van der Waals surface area contributed by atoms with Gasteiger partial charge < -0.3 is 0 Å². The summed E-state index contributed by atoms with van der Waals surface area (Å²) in [5, 5.41) is 2.65. The fourth-order valence-electron chi connectivity index (χ4n) is 4.42. The van der Waals surface area contributed by atoms with Crippen LogP contribution in [0.1, 0.15) is 56.6 Å². The SMILES string of the molecule is Cc1ccncc1-c1c2ccc(C3CCC(C)(C)CC3)cc2cc[n+]1C. The maximum Gasteiger partial charge on any atom is 0.221 e. The van der Waals surface area contributed by atoms with Crippen LogP contribution in [0.15, 0.2) is 48.9 Å². The van der Waals surface area contributed by atoms with Crippen molar-refractivity contribution in [3.05, 3.63) is 60.0 Å². The van der Waals surface area contributed by atoms with Crippen LogP contribution in [0.5, 0.6) is 0 Å². The van der Waals surface area contributed by atoms with E-state index in [0.717, 1.165) is 0 Å². The molecule has 2 heterocycles. The lowest BCUT2D eigenvalue weighted by Gasteiger charge is -2.34. The lowest BCUT2D eigenvalue weighted by atomic mass is 9.71. The van der Waals surface area contributed by atoms with E-state index in [-0.39, 0.29) is 0 Å². The summed E-state index contributed by atoms with van der Waals surface area (Å²) in [6.45, 7) is 6.98. The number of pyridine rings is 2. The molecule has 4 rings (SSSR count). The first-order valence-electron chi connectivity index (χ1n) is 9.78. The van der Waals surface area contributed by atoms with Crippen molar-refractivity contribution in [3.8, 4) is 11.3 Å². The molecule has 0 N–H and O–H groups in total. The Hall–Kier alpha value is -2.22. The van der Waals surface area contributed by atoms with Crippen molar-refractivity contribution >= 4 is 10.8 Å². The summed E-state index contributed by atoms with van der Waals surface area (Å²) in [5.41, 5.74) is 5.76. The molecular formula is C24H29N2+. The van der Waals surface area contributed by atoms with Crippen molar-refractivity contribution in [2.24, 2.45) is 12.5 Å². The van der Waals surface area contributed by atoms with E-state index in [4.69, 9.17) is 0 Å². The molecule has 2 heteroatoms. The van der Waals surface area contributed by atoms with Crippen LogP contribution >= 0.6 is 0 Å². The molecule has 1 saturated carbocycles. The molecular weight excluding hydrogens is 316 g/mol. The summed E-state index contributed by atoms with van der Waals surface area (Å²) < 4.78 is 2.22. The molecule has 0 aliphatic heterocycles. The van der Waals surface area contributed by atoms with Crippen LogP contribution in [-0.4, -0.2) is 4.98 Å². The predicted octanol–water partition coefficient (Wildman–Crippen LogP) is 5.72. The van der Waals surface area contributed by atoms with Gasteiger partial charge in [0, 0.05) is 18.5 Å². The molecule has 1 aliphatic rings. The van der Waals surface area contributed by atoms with Gasteiger partial charge in [0.05, 0.1) is 10.9 Å². The first kappa shape index (κ1) is 17.2. The number of aryl methyl sites for hydroxylation is 2. The summed E-state index contributed by atoms with van der Waals surface area (Å²) >= 11 is 0. The van der Waals surface area contributed by atoms with Gasteiger partial charge in [0.15, 0.2) is 6.20 Å². The zero-order valence-corrected chi connectivity index (χ0v) is 16.4. The van der Waals surface area contributed by atoms with Crippen LogP contribution in [-0.2, 0) is 7.05 Å². The van der Waals surface area contributed by atoms with Gasteiger partial charge in [-0.3, -0.25) is 4.98 Å². The third kappa shape index (κ3) is 3.13. The second kappa shape index (κ2) is 6.50. The van der Waals surface area contributed by atoms with Gasteiger partial charge in [-0.05, 0) is 72.6 Å². The summed E-state index contributed by atoms with van der Waals surface area (Å²) in [6.07, 6.45) is 11.3. The van der Waals surface area contributed by atoms with Gasteiger partial charge in [0.2, 0.25) is 5.69 Å². The van der Waals surface area contributed by atoms with Gasteiger partial charge in [-0.25, -0.2) is 4.57 Å². The van der Waals surface area contributed by atoms with E-state index in [0.29, 0.717) is 11.3 Å². The van der Waals surface area contributed by atoms with Crippen LogP contribution in [0.2, 0.25) is 0 Å². The molecule has 3 aromatic rings. The Kier molecular flexibility index (Phi) is 4.30. The van der Waals surface area contributed by atoms with E-state index < -0.39 is 0 Å². The van der Waals surface area contributed by atoms with Crippen LogP contribution in [0.3, 0.4) is 0 Å². The van der Waals surface area contributed by atoms with Crippen LogP contribution in [0, 0.1) is 12.3 Å². The molecule has 1 aromatic carbocycles. The molecule has 0 atom stereocenters. The summed E-state index contributed by atoms with van der Waals surface area (Å²) in [6, 6.07) is 11.5. The third-order valence-electron chi connectivity index (χ3n) is 6.27. The summed E-state index contributed by atoms with van der Waals surface area (Å²) in [7, 11) is 2.12. The maximum atomic E-state index is 4.36. The van der Waals surface area contributed by atoms with Crippen molar-refractivity contribution in [3.63, 3.8) is 0 Å². The number of rotatable bonds is 2. The standard InChI is InChI=1S/C24H29N2/c1-17-9-13-25-16-22(17)23-21-6-5-19(15-20(21)10-14-26(23)4)18-7-11-24(2,3)12-8-18/h5-6,9-10,13-16,18H,7-8,11-12H2,1-4H3/q+1. The van der Waals surface area contributed by atoms with E-state index >= 15 is 0 Å². The van der Waals surface area contributed by atoms with E-state index in [1.807, 2.05) is 12.4 Å². The molecule has 134 valence electrons. The minimum Gasteiger partial charge on any atom is -0.264 e. The number of benzene rings is 1. The van der Waals surface area contributed by atoms with Crippen molar-refractivity contribution in [2.45, 2.75) is 52.4 Å². The van der Waals surface area contributed by atoms with Crippen LogP contribution in [0.25, 0.3) is 22.0 Å². The van der Waals surface area contributed by atoms with Gasteiger partial charge in [0.1, 0.15) is 7.05 Å². The first-order chi connectivity index (χ1) is 12.4. The number of hydrogen-bond acceptors (Lipinski definition) is 1. The van der Waals surface area contributed by atoms with Gasteiger partial charge >= 0.3 is 0 Å². The van der Waals surface area contributed by atoms with Gasteiger partial charge in [0.25, 0.3) is 0 Å². The Bertz CT molecular complexity index is 946. The second-order valence-corrected chi connectivity index (χ2v) is 8.75. The number of aromatic nitrogens is 2. The Balaban J connectivity index is 1.77. The molecule has 0 spiro atoms. The Morgan fingerprint density at radius 3 is 2.58 bits per heavy atom. The molecule has 1 aliphatic carbocycles. The van der Waals surface area contributed by atoms with Gasteiger partial charge in [-0.2, -0.15) is 0 Å². The zero-order chi connectivity index (χ0) is 18.3. The number of fused-ring (bicyclic) bond motifs is 1. The monoisotopic (exact) mass is 345 g/mol. The van der Waals surface area contributed by atoms with Crippen LogP contribution < -0.4 is 4.57 Å². The molecule has 2 nitrogen and oxygen atoms in total. The maximum absolute atomic E-state index is 4.36. The minimum absolute atomic E-state index is 0.520. The lowest BCUT2D eigenvalue weighted by molar-refractivity contribution is -0.659. The smallest absolute Gasteiger partial charge is 0.221 e.